The molecule has 0 radical (unpaired) electrons. The lowest BCUT2D eigenvalue weighted by Crippen LogP contribution is -2.59. The first-order chi connectivity index (χ1) is 14.3. The van der Waals surface area contributed by atoms with Crippen molar-refractivity contribution in [3.8, 4) is 5.75 Å². The zero-order valence-electron chi connectivity index (χ0n) is 17.8. The van der Waals surface area contributed by atoms with E-state index < -0.39 is 10.0 Å². The molecule has 1 amide bonds. The van der Waals surface area contributed by atoms with Gasteiger partial charge >= 0.3 is 0 Å². The summed E-state index contributed by atoms with van der Waals surface area (Å²) in [4.78, 5) is 14.9. The van der Waals surface area contributed by atoms with Crippen LogP contribution in [0.2, 0.25) is 0 Å². The summed E-state index contributed by atoms with van der Waals surface area (Å²) in [5.74, 6) is 1.12. The third-order valence-corrected chi connectivity index (χ3v) is 7.39. The van der Waals surface area contributed by atoms with Gasteiger partial charge in [0.15, 0.2) is 6.61 Å². The first-order valence-electron chi connectivity index (χ1n) is 10.9. The van der Waals surface area contributed by atoms with Gasteiger partial charge in [0.25, 0.3) is 5.91 Å². The van der Waals surface area contributed by atoms with Crippen molar-refractivity contribution in [3.63, 3.8) is 0 Å². The Morgan fingerprint density at radius 1 is 1.13 bits per heavy atom. The maximum Gasteiger partial charge on any atom is 0.260 e. The molecule has 4 aliphatic rings. The number of fused-ring (bicyclic) bond motifs is 5. The first-order valence-corrected chi connectivity index (χ1v) is 12.8. The minimum Gasteiger partial charge on any atom is -0.483 e. The van der Waals surface area contributed by atoms with E-state index in [-0.39, 0.29) is 30.7 Å². The second-order valence-electron chi connectivity index (χ2n) is 8.88. The van der Waals surface area contributed by atoms with Crippen LogP contribution in [0.1, 0.15) is 55.6 Å². The number of piperidine rings is 1. The molecule has 166 valence electrons. The standard InChI is InChI=1S/C22H32N2O5S/c1-15-5-3-6-18-16-8-10-17(11-9-16)28-13-20-19(23-30(2,26)27)7-4-12-24(20)21(25)14-29-22(15)18/h3,5-6,16-17,19-20,23H,4,7-14H2,1-2H3/t16?,17?,19-,20-/m0/s1. The van der Waals surface area contributed by atoms with Gasteiger partial charge in [0, 0.05) is 12.6 Å². The Bertz CT molecular complexity index is 880. The quantitative estimate of drug-likeness (QED) is 0.769. The molecule has 2 bridgehead atoms. The van der Waals surface area contributed by atoms with Crippen LogP contribution in [0.5, 0.6) is 5.75 Å². The molecule has 3 aliphatic heterocycles. The lowest BCUT2D eigenvalue weighted by atomic mass is 9.82. The SMILES string of the molecule is Cc1cccc2c1OCC(=O)N1CCC[C@H](NS(C)(=O)=O)[C@@H]1COC1CCC2CC1. The molecule has 5 rings (SSSR count). The van der Waals surface area contributed by atoms with Gasteiger partial charge in [0.05, 0.1) is 25.0 Å². The molecule has 3 heterocycles. The lowest BCUT2D eigenvalue weighted by molar-refractivity contribution is -0.140. The van der Waals surface area contributed by atoms with E-state index >= 15 is 0 Å². The molecule has 1 aliphatic carbocycles. The van der Waals surface area contributed by atoms with Crippen molar-refractivity contribution in [2.75, 3.05) is 26.0 Å². The first kappa shape index (κ1) is 21.6. The summed E-state index contributed by atoms with van der Waals surface area (Å²) in [5.41, 5.74) is 2.23. The van der Waals surface area contributed by atoms with Gasteiger partial charge in [-0.3, -0.25) is 4.79 Å². The van der Waals surface area contributed by atoms with Crippen LogP contribution in [-0.4, -0.2) is 63.4 Å². The largest absolute Gasteiger partial charge is 0.483 e. The van der Waals surface area contributed by atoms with Gasteiger partial charge in [-0.25, -0.2) is 13.1 Å². The van der Waals surface area contributed by atoms with E-state index in [4.69, 9.17) is 9.47 Å². The number of para-hydroxylation sites is 1. The Kier molecular flexibility index (Phi) is 6.36. The number of nitrogens with zero attached hydrogens (tertiary/aromatic N) is 1. The van der Waals surface area contributed by atoms with Crippen molar-refractivity contribution in [2.24, 2.45) is 0 Å². The fraction of sp³-hybridized carbons (Fsp3) is 0.682. The molecule has 0 spiro atoms. The van der Waals surface area contributed by atoms with Gasteiger partial charge in [-0.15, -0.1) is 0 Å². The summed E-state index contributed by atoms with van der Waals surface area (Å²) >= 11 is 0. The lowest BCUT2D eigenvalue weighted by Gasteiger charge is -2.41. The fourth-order valence-electron chi connectivity index (χ4n) is 5.17. The molecule has 0 unspecified atom stereocenters. The topological polar surface area (TPSA) is 84.9 Å². The second kappa shape index (κ2) is 8.85. The molecule has 0 aromatic heterocycles. The average Bonchev–Trinajstić information content (AvgIpc) is 2.71. The van der Waals surface area contributed by atoms with Crippen molar-refractivity contribution in [1.82, 2.24) is 9.62 Å². The molecule has 1 aromatic carbocycles. The Labute approximate surface area is 179 Å². The summed E-state index contributed by atoms with van der Waals surface area (Å²) in [6, 6.07) is 5.54. The van der Waals surface area contributed by atoms with Crippen LogP contribution >= 0.6 is 0 Å². The Morgan fingerprint density at radius 3 is 2.63 bits per heavy atom. The zero-order valence-corrected chi connectivity index (χ0v) is 18.6. The number of benzene rings is 1. The highest BCUT2D eigenvalue weighted by molar-refractivity contribution is 7.88. The summed E-state index contributed by atoms with van der Waals surface area (Å²) < 4.78 is 38.9. The molecular weight excluding hydrogens is 404 g/mol. The highest BCUT2D eigenvalue weighted by atomic mass is 32.2. The third-order valence-electron chi connectivity index (χ3n) is 6.66. The highest BCUT2D eigenvalue weighted by Crippen LogP contribution is 2.40. The number of amides is 1. The molecule has 1 aromatic rings. The van der Waals surface area contributed by atoms with E-state index in [1.807, 2.05) is 13.0 Å². The number of rotatable bonds is 2. The molecule has 8 heteroatoms. The molecule has 1 N–H and O–H groups in total. The van der Waals surface area contributed by atoms with Crippen molar-refractivity contribution < 1.29 is 22.7 Å². The van der Waals surface area contributed by atoms with Crippen LogP contribution in [0.4, 0.5) is 0 Å². The predicted molar refractivity (Wildman–Crippen MR) is 114 cm³/mol. The third kappa shape index (κ3) is 4.81. The molecule has 7 nitrogen and oxygen atoms in total. The summed E-state index contributed by atoms with van der Waals surface area (Å²) in [5, 5.41) is 0. The van der Waals surface area contributed by atoms with E-state index in [2.05, 4.69) is 16.9 Å². The van der Waals surface area contributed by atoms with Crippen molar-refractivity contribution in [1.29, 1.82) is 0 Å². The zero-order chi connectivity index (χ0) is 21.3. The van der Waals surface area contributed by atoms with Crippen molar-refractivity contribution in [2.45, 2.75) is 69.6 Å². The molecule has 30 heavy (non-hydrogen) atoms. The van der Waals surface area contributed by atoms with Gasteiger partial charge < -0.3 is 14.4 Å². The Hall–Kier alpha value is -1.64. The average molecular weight is 437 g/mol. The van der Waals surface area contributed by atoms with Crippen molar-refractivity contribution in [3.05, 3.63) is 29.3 Å². The smallest absolute Gasteiger partial charge is 0.260 e. The number of nitrogens with one attached hydrogen (secondary N) is 1. The summed E-state index contributed by atoms with van der Waals surface area (Å²) in [6.45, 7) is 2.91. The van der Waals surface area contributed by atoms with Gasteiger partial charge in [-0.1, -0.05) is 18.2 Å². The number of carbonyl (C=O) groups excluding carboxylic acids is 1. The van der Waals surface area contributed by atoms with E-state index in [9.17, 15) is 13.2 Å². The maximum absolute atomic E-state index is 13.1. The van der Waals surface area contributed by atoms with Crippen LogP contribution in [0, 0.1) is 6.92 Å². The second-order valence-corrected chi connectivity index (χ2v) is 10.7. The minimum absolute atomic E-state index is 0.0455. The Morgan fingerprint density at radius 2 is 1.90 bits per heavy atom. The van der Waals surface area contributed by atoms with E-state index in [0.29, 0.717) is 25.5 Å². The summed E-state index contributed by atoms with van der Waals surface area (Å²) in [7, 11) is -3.38. The van der Waals surface area contributed by atoms with E-state index in [0.717, 1.165) is 49.7 Å². The van der Waals surface area contributed by atoms with Crippen LogP contribution in [0.3, 0.4) is 0 Å². The molecule has 2 fully saturated rings. The maximum atomic E-state index is 13.1. The number of sulfonamides is 1. The van der Waals surface area contributed by atoms with Gasteiger partial charge in [0.1, 0.15) is 5.75 Å². The van der Waals surface area contributed by atoms with Crippen molar-refractivity contribution >= 4 is 15.9 Å². The number of ether oxygens (including phenoxy) is 2. The fourth-order valence-corrected chi connectivity index (χ4v) is 6.00. The predicted octanol–water partition coefficient (Wildman–Crippen LogP) is 2.34. The number of aryl methyl sites for hydroxylation is 1. The number of carbonyl (C=O) groups is 1. The normalized spacial score (nSPS) is 30.3. The summed E-state index contributed by atoms with van der Waals surface area (Å²) in [6.07, 6.45) is 6.73. The molecule has 1 saturated carbocycles. The van der Waals surface area contributed by atoms with Crippen LogP contribution in [0.25, 0.3) is 0 Å². The van der Waals surface area contributed by atoms with Crippen LogP contribution in [0.15, 0.2) is 18.2 Å². The van der Waals surface area contributed by atoms with Gasteiger partial charge in [-0.2, -0.15) is 0 Å². The van der Waals surface area contributed by atoms with Crippen LogP contribution in [-0.2, 0) is 19.6 Å². The van der Waals surface area contributed by atoms with Gasteiger partial charge in [-0.05, 0) is 62.5 Å². The highest BCUT2D eigenvalue weighted by Gasteiger charge is 2.37. The van der Waals surface area contributed by atoms with E-state index in [1.54, 1.807) is 4.90 Å². The molecular formula is C22H32N2O5S. The number of hydrogen-bond acceptors (Lipinski definition) is 5. The number of hydrogen-bond donors (Lipinski definition) is 1. The van der Waals surface area contributed by atoms with E-state index in [1.165, 1.54) is 5.56 Å². The molecule has 1 saturated heterocycles. The minimum atomic E-state index is -3.38. The monoisotopic (exact) mass is 436 g/mol. The molecule has 2 atom stereocenters. The van der Waals surface area contributed by atoms with Gasteiger partial charge in [0.2, 0.25) is 10.0 Å². The van der Waals surface area contributed by atoms with Crippen LogP contribution < -0.4 is 9.46 Å². The Balaban J connectivity index is 1.64.